The van der Waals surface area contributed by atoms with Gasteiger partial charge in [0.05, 0.1) is 19.9 Å². The number of para-hydroxylation sites is 1. The molecule has 2 aromatic carbocycles. The van der Waals surface area contributed by atoms with Crippen LogP contribution in [0.25, 0.3) is 0 Å². The van der Waals surface area contributed by atoms with E-state index in [2.05, 4.69) is 26.4 Å². The quantitative estimate of drug-likeness (QED) is 0.573. The van der Waals surface area contributed by atoms with Gasteiger partial charge in [-0.3, -0.25) is 14.6 Å². The van der Waals surface area contributed by atoms with E-state index in [1.807, 2.05) is 42.5 Å². The minimum absolute atomic E-state index is 0.120. The lowest BCUT2D eigenvalue weighted by Gasteiger charge is -2.34. The third kappa shape index (κ3) is 5.79. The Balaban J connectivity index is 1.41. The molecule has 7 heteroatoms. The van der Waals surface area contributed by atoms with Gasteiger partial charge in [0.2, 0.25) is 0 Å². The molecule has 6 nitrogen and oxygen atoms in total. The van der Waals surface area contributed by atoms with Gasteiger partial charge in [-0.05, 0) is 23.8 Å². The Morgan fingerprint density at radius 1 is 1.11 bits per heavy atom. The molecule has 1 aliphatic heterocycles. The molecule has 0 aromatic heterocycles. The summed E-state index contributed by atoms with van der Waals surface area (Å²) in [5, 5.41) is 4.84. The molecule has 0 bridgehead atoms. The van der Waals surface area contributed by atoms with Gasteiger partial charge in [0.1, 0.15) is 5.75 Å². The van der Waals surface area contributed by atoms with E-state index < -0.39 is 0 Å². The second kappa shape index (κ2) is 10.2. The lowest BCUT2D eigenvalue weighted by atomic mass is 10.2. The monoisotopic (exact) mass is 400 g/mol. The van der Waals surface area contributed by atoms with Crippen LogP contribution < -0.4 is 10.2 Å². The maximum atomic E-state index is 12.1. The van der Waals surface area contributed by atoms with Crippen LogP contribution in [0.15, 0.2) is 53.6 Å². The molecule has 148 valence electrons. The number of nitrogens with one attached hydrogen (secondary N) is 1. The number of piperazine rings is 1. The SMILES string of the molecule is COc1ccccc1/C=N\NC(=O)CN1CCN(Cc2ccccc2Cl)CC1. The third-order valence-electron chi connectivity index (χ3n) is 4.72. The number of carbonyl (C=O) groups excluding carboxylic acids is 1. The lowest BCUT2D eigenvalue weighted by molar-refractivity contribution is -0.122. The summed E-state index contributed by atoms with van der Waals surface area (Å²) < 4.78 is 5.26. The predicted octanol–water partition coefficient (Wildman–Crippen LogP) is 2.62. The van der Waals surface area contributed by atoms with Crippen molar-refractivity contribution < 1.29 is 9.53 Å². The molecule has 1 fully saturated rings. The summed E-state index contributed by atoms with van der Waals surface area (Å²) in [4.78, 5) is 16.6. The summed E-state index contributed by atoms with van der Waals surface area (Å²) in [6.07, 6.45) is 1.60. The number of amides is 1. The van der Waals surface area contributed by atoms with Crippen molar-refractivity contribution in [1.29, 1.82) is 0 Å². The Kier molecular flexibility index (Phi) is 7.42. The van der Waals surface area contributed by atoms with E-state index >= 15 is 0 Å². The molecule has 0 radical (unpaired) electrons. The fourth-order valence-electron chi connectivity index (χ4n) is 3.16. The zero-order valence-corrected chi connectivity index (χ0v) is 16.7. The summed E-state index contributed by atoms with van der Waals surface area (Å²) in [5.41, 5.74) is 4.55. The van der Waals surface area contributed by atoms with Crippen molar-refractivity contribution in [2.24, 2.45) is 5.10 Å². The van der Waals surface area contributed by atoms with Crippen molar-refractivity contribution in [3.05, 3.63) is 64.7 Å². The topological polar surface area (TPSA) is 57.2 Å². The van der Waals surface area contributed by atoms with Gasteiger partial charge in [-0.15, -0.1) is 0 Å². The Bertz CT molecular complexity index is 820. The summed E-state index contributed by atoms with van der Waals surface area (Å²) in [7, 11) is 1.61. The van der Waals surface area contributed by atoms with Crippen molar-refractivity contribution >= 4 is 23.7 Å². The Hall–Kier alpha value is -2.41. The van der Waals surface area contributed by atoms with E-state index in [0.717, 1.165) is 54.6 Å². The second-order valence-electron chi connectivity index (χ2n) is 6.68. The van der Waals surface area contributed by atoms with Gasteiger partial charge in [0, 0.05) is 43.3 Å². The van der Waals surface area contributed by atoms with Gasteiger partial charge in [-0.1, -0.05) is 41.9 Å². The van der Waals surface area contributed by atoms with Crippen molar-refractivity contribution in [1.82, 2.24) is 15.2 Å². The molecule has 0 aliphatic carbocycles. The number of hydrazone groups is 1. The van der Waals surface area contributed by atoms with E-state index in [-0.39, 0.29) is 5.91 Å². The fourth-order valence-corrected chi connectivity index (χ4v) is 3.35. The Morgan fingerprint density at radius 3 is 2.54 bits per heavy atom. The van der Waals surface area contributed by atoms with Crippen molar-refractivity contribution in [2.75, 3.05) is 39.8 Å². The lowest BCUT2D eigenvalue weighted by Crippen LogP contribution is -2.48. The highest BCUT2D eigenvalue weighted by molar-refractivity contribution is 6.31. The normalized spacial score (nSPS) is 15.6. The molecule has 0 atom stereocenters. The average Bonchev–Trinajstić information content (AvgIpc) is 2.71. The zero-order valence-electron chi connectivity index (χ0n) is 16.0. The molecule has 1 saturated heterocycles. The number of benzene rings is 2. The first kappa shape index (κ1) is 20.3. The molecular weight excluding hydrogens is 376 g/mol. The highest BCUT2D eigenvalue weighted by Gasteiger charge is 2.19. The molecule has 28 heavy (non-hydrogen) atoms. The van der Waals surface area contributed by atoms with Gasteiger partial charge in [-0.25, -0.2) is 5.43 Å². The molecule has 0 saturated carbocycles. The minimum atomic E-state index is -0.120. The van der Waals surface area contributed by atoms with Crippen LogP contribution in [0.3, 0.4) is 0 Å². The number of hydrogen-bond acceptors (Lipinski definition) is 5. The van der Waals surface area contributed by atoms with E-state index in [4.69, 9.17) is 16.3 Å². The van der Waals surface area contributed by atoms with Crippen molar-refractivity contribution in [3.8, 4) is 5.75 Å². The van der Waals surface area contributed by atoms with Gasteiger partial charge in [-0.2, -0.15) is 5.10 Å². The molecule has 1 amide bonds. The summed E-state index contributed by atoms with van der Waals surface area (Å²) in [6, 6.07) is 15.4. The van der Waals surface area contributed by atoms with Crippen LogP contribution in [0, 0.1) is 0 Å². The van der Waals surface area contributed by atoms with E-state index in [0.29, 0.717) is 6.54 Å². The van der Waals surface area contributed by atoms with Crippen LogP contribution in [-0.2, 0) is 11.3 Å². The molecule has 0 unspecified atom stereocenters. The first-order chi connectivity index (χ1) is 13.7. The largest absolute Gasteiger partial charge is 0.496 e. The number of carbonyl (C=O) groups is 1. The second-order valence-corrected chi connectivity index (χ2v) is 7.09. The number of nitrogens with zero attached hydrogens (tertiary/aromatic N) is 3. The first-order valence-corrected chi connectivity index (χ1v) is 9.66. The van der Waals surface area contributed by atoms with E-state index in [1.54, 1.807) is 13.3 Å². The Morgan fingerprint density at radius 2 is 1.79 bits per heavy atom. The van der Waals surface area contributed by atoms with Gasteiger partial charge < -0.3 is 4.74 Å². The van der Waals surface area contributed by atoms with Gasteiger partial charge in [0.15, 0.2) is 0 Å². The smallest absolute Gasteiger partial charge is 0.254 e. The van der Waals surface area contributed by atoms with E-state index in [1.165, 1.54) is 0 Å². The van der Waals surface area contributed by atoms with Crippen LogP contribution in [0.1, 0.15) is 11.1 Å². The van der Waals surface area contributed by atoms with Crippen LogP contribution in [0.4, 0.5) is 0 Å². The minimum Gasteiger partial charge on any atom is -0.496 e. The molecule has 1 N–H and O–H groups in total. The predicted molar refractivity (Wildman–Crippen MR) is 112 cm³/mol. The molecule has 3 rings (SSSR count). The molecule has 0 spiro atoms. The number of halogens is 1. The number of ether oxygens (including phenoxy) is 1. The number of methoxy groups -OCH3 is 1. The molecule has 2 aromatic rings. The molecular formula is C21H25ClN4O2. The van der Waals surface area contributed by atoms with Crippen LogP contribution in [0.5, 0.6) is 5.75 Å². The van der Waals surface area contributed by atoms with Crippen LogP contribution >= 0.6 is 11.6 Å². The zero-order chi connectivity index (χ0) is 19.8. The molecule has 1 aliphatic rings. The maximum absolute atomic E-state index is 12.1. The maximum Gasteiger partial charge on any atom is 0.254 e. The number of hydrogen-bond donors (Lipinski definition) is 1. The van der Waals surface area contributed by atoms with Gasteiger partial charge in [0.25, 0.3) is 5.91 Å². The average molecular weight is 401 g/mol. The first-order valence-electron chi connectivity index (χ1n) is 9.29. The number of rotatable bonds is 7. The standard InChI is InChI=1S/C21H25ClN4O2/c1-28-20-9-5-3-6-17(20)14-23-24-21(27)16-26-12-10-25(11-13-26)15-18-7-2-4-8-19(18)22/h2-9,14H,10-13,15-16H2,1H3,(H,24,27)/b23-14-. The van der Waals surface area contributed by atoms with Gasteiger partial charge >= 0.3 is 0 Å². The van der Waals surface area contributed by atoms with E-state index in [9.17, 15) is 4.79 Å². The van der Waals surface area contributed by atoms with Crippen molar-refractivity contribution in [2.45, 2.75) is 6.54 Å². The highest BCUT2D eigenvalue weighted by atomic mass is 35.5. The molecule has 1 heterocycles. The third-order valence-corrected chi connectivity index (χ3v) is 5.08. The van der Waals surface area contributed by atoms with Crippen LogP contribution in [-0.4, -0.2) is 61.8 Å². The summed E-state index contributed by atoms with van der Waals surface area (Å²) >= 11 is 6.24. The summed E-state index contributed by atoms with van der Waals surface area (Å²) in [5.74, 6) is 0.598. The highest BCUT2D eigenvalue weighted by Crippen LogP contribution is 2.18. The van der Waals surface area contributed by atoms with Crippen LogP contribution in [0.2, 0.25) is 5.02 Å². The summed E-state index contributed by atoms with van der Waals surface area (Å²) in [6.45, 7) is 4.67. The van der Waals surface area contributed by atoms with Crippen molar-refractivity contribution in [3.63, 3.8) is 0 Å². The fraction of sp³-hybridized carbons (Fsp3) is 0.333. The Labute approximate surface area is 170 Å².